The van der Waals surface area contributed by atoms with E-state index in [0.717, 1.165) is 0 Å². The van der Waals surface area contributed by atoms with E-state index in [1.165, 1.54) is 0 Å². The van der Waals surface area contributed by atoms with Gasteiger partial charge < -0.3 is 15.1 Å². The quantitative estimate of drug-likeness (QED) is 0.768. The van der Waals surface area contributed by atoms with Crippen molar-refractivity contribution in [3.63, 3.8) is 0 Å². The summed E-state index contributed by atoms with van der Waals surface area (Å²) in [4.78, 5) is 14.0. The summed E-state index contributed by atoms with van der Waals surface area (Å²) in [5.41, 5.74) is -1.58. The highest BCUT2D eigenvalue weighted by Crippen LogP contribution is 2.23. The van der Waals surface area contributed by atoms with Crippen LogP contribution in [0.25, 0.3) is 0 Å². The van der Waals surface area contributed by atoms with Crippen molar-refractivity contribution in [2.45, 2.75) is 37.9 Å². The molecule has 2 N–H and O–H groups in total. The van der Waals surface area contributed by atoms with Crippen LogP contribution in [0, 0.1) is 11.8 Å². The first kappa shape index (κ1) is 15.6. The van der Waals surface area contributed by atoms with Gasteiger partial charge in [-0.15, -0.1) is 0 Å². The lowest BCUT2D eigenvalue weighted by Crippen LogP contribution is -2.46. The molecule has 4 heteroatoms. The standard InChI is InChI=1S/C17H21NO3/c1-16(2,20)8-9-17(21)10-12-18(13-11-17)15(19)14-6-4-3-5-7-14/h3-7,20-21H,10-13H2,1-2H3. The number of carbonyl (C=O) groups excluding carboxylic acids is 1. The normalized spacial score (nSPS) is 17.8. The number of likely N-dealkylation sites (tertiary alicyclic amines) is 1. The third-order valence-corrected chi connectivity index (χ3v) is 3.50. The molecule has 1 aromatic carbocycles. The number of hydrogen-bond donors (Lipinski definition) is 2. The molecule has 0 saturated carbocycles. The third-order valence-electron chi connectivity index (χ3n) is 3.50. The van der Waals surface area contributed by atoms with Crippen LogP contribution in [-0.4, -0.2) is 45.3 Å². The summed E-state index contributed by atoms with van der Waals surface area (Å²) >= 11 is 0. The van der Waals surface area contributed by atoms with Crippen molar-refractivity contribution in [1.29, 1.82) is 0 Å². The van der Waals surface area contributed by atoms with Crippen LogP contribution in [0.5, 0.6) is 0 Å². The fraction of sp³-hybridized carbons (Fsp3) is 0.471. The van der Waals surface area contributed by atoms with Crippen LogP contribution in [0.15, 0.2) is 30.3 Å². The molecule has 1 heterocycles. The smallest absolute Gasteiger partial charge is 0.253 e. The van der Waals surface area contributed by atoms with Crippen molar-refractivity contribution < 1.29 is 15.0 Å². The molecule has 0 radical (unpaired) electrons. The molecule has 1 aromatic rings. The van der Waals surface area contributed by atoms with Crippen molar-refractivity contribution in [1.82, 2.24) is 4.90 Å². The second-order valence-electron chi connectivity index (χ2n) is 6.00. The van der Waals surface area contributed by atoms with E-state index in [4.69, 9.17) is 0 Å². The molecule has 1 saturated heterocycles. The first-order chi connectivity index (χ1) is 9.79. The number of carbonyl (C=O) groups is 1. The molecule has 1 aliphatic heterocycles. The van der Waals surface area contributed by atoms with Crippen molar-refractivity contribution in [2.75, 3.05) is 13.1 Å². The predicted octanol–water partition coefficient (Wildman–Crippen LogP) is 1.43. The topological polar surface area (TPSA) is 60.8 Å². The highest BCUT2D eigenvalue weighted by Gasteiger charge is 2.33. The second-order valence-corrected chi connectivity index (χ2v) is 6.00. The van der Waals surface area contributed by atoms with E-state index in [2.05, 4.69) is 11.8 Å². The lowest BCUT2D eigenvalue weighted by atomic mass is 9.91. The molecule has 1 fully saturated rings. The van der Waals surface area contributed by atoms with Crippen LogP contribution in [-0.2, 0) is 0 Å². The Morgan fingerprint density at radius 3 is 2.33 bits per heavy atom. The van der Waals surface area contributed by atoms with E-state index in [0.29, 0.717) is 31.5 Å². The molecule has 0 bridgehead atoms. The molecule has 0 atom stereocenters. The Balaban J connectivity index is 2.00. The number of hydrogen-bond acceptors (Lipinski definition) is 3. The summed E-state index contributed by atoms with van der Waals surface area (Å²) in [6.07, 6.45) is 0.795. The van der Waals surface area contributed by atoms with Gasteiger partial charge in [-0.2, -0.15) is 0 Å². The average molecular weight is 287 g/mol. The zero-order chi connectivity index (χ0) is 15.5. The lowest BCUT2D eigenvalue weighted by Gasteiger charge is -2.35. The van der Waals surface area contributed by atoms with Crippen LogP contribution in [0.2, 0.25) is 0 Å². The number of aliphatic hydroxyl groups is 2. The Labute approximate surface area is 125 Å². The van der Waals surface area contributed by atoms with Gasteiger partial charge in [0.1, 0.15) is 11.2 Å². The molecule has 112 valence electrons. The highest BCUT2D eigenvalue weighted by atomic mass is 16.3. The molecule has 0 aliphatic carbocycles. The molecule has 0 aromatic heterocycles. The number of piperidine rings is 1. The Kier molecular flexibility index (Phi) is 4.36. The fourth-order valence-corrected chi connectivity index (χ4v) is 2.24. The van der Waals surface area contributed by atoms with Gasteiger partial charge in [0.15, 0.2) is 0 Å². The van der Waals surface area contributed by atoms with Gasteiger partial charge in [0.25, 0.3) is 5.91 Å². The largest absolute Gasteiger partial charge is 0.378 e. The Morgan fingerprint density at radius 2 is 1.81 bits per heavy atom. The van der Waals surface area contributed by atoms with Gasteiger partial charge in [0.05, 0.1) is 0 Å². The van der Waals surface area contributed by atoms with Crippen LogP contribution >= 0.6 is 0 Å². The van der Waals surface area contributed by atoms with Crippen molar-refractivity contribution in [3.05, 3.63) is 35.9 Å². The third kappa shape index (κ3) is 4.32. The van der Waals surface area contributed by atoms with Gasteiger partial charge in [-0.3, -0.25) is 4.79 Å². The van der Waals surface area contributed by atoms with Gasteiger partial charge >= 0.3 is 0 Å². The van der Waals surface area contributed by atoms with Crippen LogP contribution < -0.4 is 0 Å². The first-order valence-electron chi connectivity index (χ1n) is 7.13. The van der Waals surface area contributed by atoms with Crippen molar-refractivity contribution in [2.24, 2.45) is 0 Å². The Hall–Kier alpha value is -1.83. The first-order valence-corrected chi connectivity index (χ1v) is 7.13. The second kappa shape index (κ2) is 5.88. The Bertz CT molecular complexity index is 555. The molecular weight excluding hydrogens is 266 g/mol. The lowest BCUT2D eigenvalue weighted by molar-refractivity contribution is 0.0242. The molecule has 21 heavy (non-hydrogen) atoms. The van der Waals surface area contributed by atoms with E-state index >= 15 is 0 Å². The van der Waals surface area contributed by atoms with Gasteiger partial charge in [0.2, 0.25) is 0 Å². The number of rotatable bonds is 1. The number of amides is 1. The van der Waals surface area contributed by atoms with Gasteiger partial charge in [-0.25, -0.2) is 0 Å². The van der Waals surface area contributed by atoms with E-state index < -0.39 is 11.2 Å². The summed E-state index contributed by atoms with van der Waals surface area (Å²) in [5, 5.41) is 20.0. The summed E-state index contributed by atoms with van der Waals surface area (Å²) in [6, 6.07) is 9.12. The summed E-state index contributed by atoms with van der Waals surface area (Å²) in [7, 11) is 0. The maximum Gasteiger partial charge on any atom is 0.253 e. The van der Waals surface area contributed by atoms with E-state index in [-0.39, 0.29) is 5.91 Å². The number of nitrogens with zero attached hydrogens (tertiary/aromatic N) is 1. The van der Waals surface area contributed by atoms with Gasteiger partial charge in [-0.05, 0) is 26.0 Å². The fourth-order valence-electron chi connectivity index (χ4n) is 2.24. The summed E-state index contributed by atoms with van der Waals surface area (Å²) in [6.45, 7) is 4.09. The zero-order valence-electron chi connectivity index (χ0n) is 12.5. The van der Waals surface area contributed by atoms with E-state index in [1.54, 1.807) is 30.9 Å². The van der Waals surface area contributed by atoms with E-state index in [1.807, 2.05) is 18.2 Å². The SMILES string of the molecule is CC(C)(O)C#CC1(O)CCN(C(=O)c2ccccc2)CC1. The van der Waals surface area contributed by atoms with E-state index in [9.17, 15) is 15.0 Å². The van der Waals surface area contributed by atoms with Gasteiger partial charge in [0, 0.05) is 31.5 Å². The summed E-state index contributed by atoms with van der Waals surface area (Å²) in [5.74, 6) is 5.39. The molecule has 0 unspecified atom stereocenters. The molecule has 2 rings (SSSR count). The molecular formula is C17H21NO3. The maximum absolute atomic E-state index is 12.3. The maximum atomic E-state index is 12.3. The van der Waals surface area contributed by atoms with Crippen LogP contribution in [0.4, 0.5) is 0 Å². The minimum absolute atomic E-state index is 0.0203. The minimum atomic E-state index is -1.12. The van der Waals surface area contributed by atoms with Crippen molar-refractivity contribution in [3.8, 4) is 11.8 Å². The summed E-state index contributed by atoms with van der Waals surface area (Å²) < 4.78 is 0. The van der Waals surface area contributed by atoms with Gasteiger partial charge in [-0.1, -0.05) is 30.0 Å². The molecule has 0 spiro atoms. The van der Waals surface area contributed by atoms with Crippen LogP contribution in [0.1, 0.15) is 37.0 Å². The Morgan fingerprint density at radius 1 is 1.24 bits per heavy atom. The zero-order valence-corrected chi connectivity index (χ0v) is 12.5. The highest BCUT2D eigenvalue weighted by molar-refractivity contribution is 5.94. The monoisotopic (exact) mass is 287 g/mol. The molecule has 1 amide bonds. The number of benzene rings is 1. The minimum Gasteiger partial charge on any atom is -0.378 e. The van der Waals surface area contributed by atoms with Crippen LogP contribution in [0.3, 0.4) is 0 Å². The molecule has 1 aliphatic rings. The van der Waals surface area contributed by atoms with Crippen molar-refractivity contribution >= 4 is 5.91 Å². The predicted molar refractivity (Wildman–Crippen MR) is 80.6 cm³/mol. The molecule has 4 nitrogen and oxygen atoms in total. The average Bonchev–Trinajstić information content (AvgIpc) is 2.46.